The second-order valence-corrected chi connectivity index (χ2v) is 6.43. The minimum Gasteiger partial charge on any atom is -0.722 e. The zero-order chi connectivity index (χ0) is 16.6. The molecular formula is C18H15FO3S. The van der Waals surface area contributed by atoms with Crippen LogP contribution in [0.25, 0.3) is 21.5 Å². The first-order valence-electron chi connectivity index (χ1n) is 7.26. The van der Waals surface area contributed by atoms with Gasteiger partial charge < -0.3 is 4.55 Å². The van der Waals surface area contributed by atoms with Gasteiger partial charge in [-0.15, -0.1) is 3.89 Å². The highest BCUT2D eigenvalue weighted by molar-refractivity contribution is 7.80. The Morgan fingerprint density at radius 3 is 2.39 bits per heavy atom. The largest absolute Gasteiger partial charge is 0.722 e. The third-order valence-electron chi connectivity index (χ3n) is 4.25. The van der Waals surface area contributed by atoms with Crippen molar-refractivity contribution < 1.29 is 16.9 Å². The van der Waals surface area contributed by atoms with Crippen LogP contribution in [0.3, 0.4) is 0 Å². The molecule has 3 aromatic carbocycles. The summed E-state index contributed by atoms with van der Waals surface area (Å²) >= 11 is 0. The second kappa shape index (κ2) is 5.83. The van der Waals surface area contributed by atoms with E-state index in [9.17, 15) is 3.89 Å². The molecule has 0 radical (unpaired) electrons. The van der Waals surface area contributed by atoms with Gasteiger partial charge in [0.2, 0.25) is 0 Å². The van der Waals surface area contributed by atoms with Gasteiger partial charge in [-0.25, -0.2) is 8.42 Å². The Hall–Kier alpha value is -2.11. The Bertz CT molecular complexity index is 972. The normalized spacial score (nSPS) is 13.8. The van der Waals surface area contributed by atoms with Gasteiger partial charge in [-0.1, -0.05) is 30.3 Å². The lowest BCUT2D eigenvalue weighted by Gasteiger charge is -2.04. The molecule has 5 heteroatoms. The summed E-state index contributed by atoms with van der Waals surface area (Å²) in [6.45, 7) is 2.26. The van der Waals surface area contributed by atoms with Gasteiger partial charge in [-0.3, -0.25) is 0 Å². The molecule has 3 nitrogen and oxygen atoms in total. The Morgan fingerprint density at radius 1 is 1.00 bits per heavy atom. The maximum atomic E-state index is 10.1. The molecule has 0 aromatic heterocycles. The summed E-state index contributed by atoms with van der Waals surface area (Å²) in [5, 5.41) is 5.57. The molecule has 0 fully saturated rings. The molecule has 0 saturated heterocycles. The van der Waals surface area contributed by atoms with Crippen LogP contribution in [0.15, 0.2) is 48.5 Å². The van der Waals surface area contributed by atoms with Crippen molar-refractivity contribution in [2.24, 2.45) is 0 Å². The van der Waals surface area contributed by atoms with Crippen molar-refractivity contribution in [1.29, 1.82) is 0 Å². The number of fused-ring (bicyclic) bond motifs is 5. The fourth-order valence-corrected chi connectivity index (χ4v) is 3.27. The summed E-state index contributed by atoms with van der Waals surface area (Å²) in [5.41, 5.74) is 3.04. The monoisotopic (exact) mass is 330 g/mol. The lowest BCUT2D eigenvalue weighted by molar-refractivity contribution is 0.417. The van der Waals surface area contributed by atoms with E-state index in [-0.39, 0.29) is 0 Å². The van der Waals surface area contributed by atoms with E-state index in [1.54, 1.807) is 11.5 Å². The molecule has 23 heavy (non-hydrogen) atoms. The van der Waals surface area contributed by atoms with Crippen molar-refractivity contribution in [3.8, 4) is 0 Å². The van der Waals surface area contributed by atoms with Crippen molar-refractivity contribution >= 4 is 32.0 Å². The van der Waals surface area contributed by atoms with E-state index in [0.717, 1.165) is 0 Å². The zero-order valence-corrected chi connectivity index (χ0v) is 13.4. The first-order chi connectivity index (χ1) is 10.8. The Kier molecular flexibility index (Phi) is 4.00. The topological polar surface area (TPSA) is 57.2 Å². The van der Waals surface area contributed by atoms with Gasteiger partial charge in [0.25, 0.3) is 10.5 Å². The van der Waals surface area contributed by atoms with E-state index in [0.29, 0.717) is 0 Å². The number of rotatable bonds is 0. The molecule has 0 spiro atoms. The molecule has 1 aliphatic carbocycles. The van der Waals surface area contributed by atoms with Crippen LogP contribution in [-0.4, -0.2) is 13.0 Å². The lowest BCUT2D eigenvalue weighted by Crippen LogP contribution is -1.88. The van der Waals surface area contributed by atoms with Crippen LogP contribution in [0.5, 0.6) is 0 Å². The van der Waals surface area contributed by atoms with Crippen LogP contribution in [0.2, 0.25) is 0 Å². The Balaban J connectivity index is 0.000000276. The van der Waals surface area contributed by atoms with Crippen molar-refractivity contribution in [2.45, 2.75) is 19.8 Å². The Labute approximate surface area is 134 Å². The van der Waals surface area contributed by atoms with E-state index < -0.39 is 10.5 Å². The van der Waals surface area contributed by atoms with Crippen LogP contribution in [-0.2, 0) is 16.9 Å². The number of halogens is 1. The molecule has 0 heterocycles. The lowest BCUT2D eigenvalue weighted by atomic mass is 9.95. The molecule has 0 amide bonds. The maximum Gasteiger partial charge on any atom is 0.255 e. The minimum absolute atomic E-state index is 1.21. The van der Waals surface area contributed by atoms with E-state index >= 15 is 0 Å². The standard InChI is InChI=1S/C18H15.FHO3S/c1-12-6-8-16-14(12)10-11-17-15-5-3-2-4-13(15)7-9-18(16)17;1-5(2,3)4/h2-5,7,9-11H,6,8H2,1H3;(H,2,3,4)/q+1;/p-1. The van der Waals surface area contributed by atoms with Crippen molar-refractivity contribution in [1.82, 2.24) is 0 Å². The molecule has 118 valence electrons. The maximum absolute atomic E-state index is 10.1. The minimum atomic E-state index is -5.42. The van der Waals surface area contributed by atoms with Crippen LogP contribution in [0.1, 0.15) is 24.5 Å². The van der Waals surface area contributed by atoms with Crippen LogP contribution < -0.4 is 0 Å². The zero-order valence-electron chi connectivity index (χ0n) is 12.5. The summed E-state index contributed by atoms with van der Waals surface area (Å²) in [4.78, 5) is 0. The van der Waals surface area contributed by atoms with Crippen molar-refractivity contribution in [2.75, 3.05) is 0 Å². The molecule has 0 unspecified atom stereocenters. The smallest absolute Gasteiger partial charge is 0.255 e. The van der Waals surface area contributed by atoms with Gasteiger partial charge in [0.05, 0.1) is 5.56 Å². The van der Waals surface area contributed by atoms with Gasteiger partial charge >= 0.3 is 0 Å². The number of aryl methyl sites for hydroxylation is 1. The van der Waals surface area contributed by atoms with Crippen LogP contribution in [0, 0.1) is 5.92 Å². The highest BCUT2D eigenvalue weighted by atomic mass is 32.3. The third kappa shape index (κ3) is 3.30. The predicted octanol–water partition coefficient (Wildman–Crippen LogP) is 4.30. The van der Waals surface area contributed by atoms with Crippen molar-refractivity contribution in [3.05, 3.63) is 65.6 Å². The van der Waals surface area contributed by atoms with E-state index in [1.165, 1.54) is 39.9 Å². The van der Waals surface area contributed by atoms with Gasteiger partial charge in [-0.2, -0.15) is 0 Å². The average Bonchev–Trinajstić information content (AvgIpc) is 2.87. The molecule has 4 rings (SSSR count). The quantitative estimate of drug-likeness (QED) is 0.267. The molecule has 1 aliphatic rings. The van der Waals surface area contributed by atoms with E-state index in [1.807, 2.05) is 0 Å². The fourth-order valence-electron chi connectivity index (χ4n) is 3.27. The van der Waals surface area contributed by atoms with E-state index in [4.69, 9.17) is 13.0 Å². The molecule has 0 aliphatic heterocycles. The molecule has 0 bridgehead atoms. The second-order valence-electron chi connectivity index (χ2n) is 5.65. The highest BCUT2D eigenvalue weighted by Gasteiger charge is 2.29. The Morgan fingerprint density at radius 2 is 1.65 bits per heavy atom. The van der Waals surface area contributed by atoms with Gasteiger partial charge in [0, 0.05) is 48.6 Å². The predicted molar refractivity (Wildman–Crippen MR) is 88.6 cm³/mol. The summed E-state index contributed by atoms with van der Waals surface area (Å²) in [5.74, 6) is 1.54. The summed E-state index contributed by atoms with van der Waals surface area (Å²) in [7, 11) is -5.42. The van der Waals surface area contributed by atoms with Crippen molar-refractivity contribution in [3.63, 3.8) is 0 Å². The molecular weight excluding hydrogens is 315 g/mol. The molecule has 0 N–H and O–H groups in total. The number of hydrogen-bond donors (Lipinski definition) is 0. The van der Waals surface area contributed by atoms with Crippen LogP contribution in [0.4, 0.5) is 3.89 Å². The fraction of sp³-hybridized carbons (Fsp3) is 0.167. The molecule has 0 saturated carbocycles. The molecule has 0 atom stereocenters. The van der Waals surface area contributed by atoms with Crippen LogP contribution >= 0.6 is 0 Å². The summed E-state index contributed by atoms with van der Waals surface area (Å²) < 4.78 is 35.3. The average molecular weight is 330 g/mol. The molecule has 3 aromatic rings. The van der Waals surface area contributed by atoms with Gasteiger partial charge in [-0.05, 0) is 16.8 Å². The summed E-state index contributed by atoms with van der Waals surface area (Å²) in [6.07, 6.45) is 2.43. The summed E-state index contributed by atoms with van der Waals surface area (Å²) in [6, 6.07) is 17.8. The number of hydrogen-bond acceptors (Lipinski definition) is 3. The number of benzene rings is 3. The first kappa shape index (κ1) is 15.8. The third-order valence-corrected chi connectivity index (χ3v) is 4.25. The highest BCUT2D eigenvalue weighted by Crippen LogP contribution is 2.38. The SMILES string of the molecule is C[C+]1CCc2c1ccc1c2ccc2ccccc21.O=S(=O)([O-])F. The van der Waals surface area contributed by atoms with E-state index in [2.05, 4.69) is 55.5 Å². The van der Waals surface area contributed by atoms with Gasteiger partial charge in [0.15, 0.2) is 0 Å². The van der Waals surface area contributed by atoms with Gasteiger partial charge in [0.1, 0.15) is 5.56 Å². The first-order valence-corrected chi connectivity index (χ1v) is 8.57.